The molecule has 49 heavy (non-hydrogen) atoms. The lowest BCUT2D eigenvalue weighted by molar-refractivity contribution is 0.267. The number of benzene rings is 6. The van der Waals surface area contributed by atoms with Crippen LogP contribution < -0.4 is 34.5 Å². The molecule has 0 aromatic heterocycles. The minimum atomic E-state index is 0.563. The van der Waals surface area contributed by atoms with E-state index in [0.717, 1.165) is 75.7 Å². The minimum Gasteiger partial charge on any atom is -0.497 e. The first kappa shape index (κ1) is 32.8. The molecule has 0 bridgehead atoms. The molecule has 0 atom stereocenters. The molecule has 7 nitrogen and oxygen atoms in total. The molecule has 0 aliphatic heterocycles. The normalized spacial score (nSPS) is 10.6. The van der Waals surface area contributed by atoms with Crippen molar-refractivity contribution < 1.29 is 18.9 Å². The van der Waals surface area contributed by atoms with Gasteiger partial charge in [-0.2, -0.15) is 0 Å². The molecule has 0 heterocycles. The second-order valence-electron chi connectivity index (χ2n) is 11.3. The third kappa shape index (κ3) is 9.05. The Morgan fingerprint density at radius 1 is 0.449 bits per heavy atom. The molecule has 0 radical (unpaired) electrons. The maximum absolute atomic E-state index is 6.28. The number of methoxy groups -OCH3 is 2. The van der Waals surface area contributed by atoms with Gasteiger partial charge in [0.2, 0.25) is 0 Å². The first-order chi connectivity index (χ1) is 24.2. The predicted octanol–water partition coefficient (Wildman–Crippen LogP) is 10.9. The van der Waals surface area contributed by atoms with Gasteiger partial charge in [0.1, 0.15) is 23.0 Å². The van der Waals surface area contributed by atoms with Crippen LogP contribution in [0.2, 0.25) is 0 Å². The Hall–Kier alpha value is -6.08. The summed E-state index contributed by atoms with van der Waals surface area (Å²) in [5, 5.41) is 6.97. The summed E-state index contributed by atoms with van der Waals surface area (Å²) >= 11 is 0. The summed E-state index contributed by atoms with van der Waals surface area (Å²) in [4.78, 5) is 2.24. The quantitative estimate of drug-likeness (QED) is 0.101. The van der Waals surface area contributed by atoms with Crippen LogP contribution in [0.15, 0.2) is 152 Å². The number of unbranched alkanes of at least 4 members (excludes halogenated alkanes) is 1. The number of hydrogen-bond donors (Lipinski definition) is 2. The van der Waals surface area contributed by atoms with E-state index >= 15 is 0 Å². The van der Waals surface area contributed by atoms with Crippen LogP contribution in [0.5, 0.6) is 23.0 Å². The molecule has 0 saturated carbocycles. The molecule has 6 rings (SSSR count). The van der Waals surface area contributed by atoms with Crippen molar-refractivity contribution in [3.63, 3.8) is 0 Å². The van der Waals surface area contributed by atoms with Crippen molar-refractivity contribution in [3.8, 4) is 23.0 Å². The molecule has 248 valence electrons. The van der Waals surface area contributed by atoms with Crippen molar-refractivity contribution >= 4 is 39.8 Å². The Bertz CT molecular complexity index is 1830. The average Bonchev–Trinajstić information content (AvgIpc) is 3.16. The number of nitrogens with one attached hydrogen (secondary N) is 2. The molecule has 0 fully saturated rings. The van der Waals surface area contributed by atoms with Crippen LogP contribution >= 0.6 is 0 Å². The summed E-state index contributed by atoms with van der Waals surface area (Å²) in [6.45, 7) is 1.17. The Kier molecular flexibility index (Phi) is 11.2. The van der Waals surface area contributed by atoms with Crippen molar-refractivity contribution in [2.75, 3.05) is 43.0 Å². The fraction of sp³-hybridized carbons (Fsp3) is 0.143. The lowest BCUT2D eigenvalue weighted by Gasteiger charge is -2.25. The van der Waals surface area contributed by atoms with E-state index in [4.69, 9.17) is 18.9 Å². The fourth-order valence-corrected chi connectivity index (χ4v) is 5.37. The highest BCUT2D eigenvalue weighted by molar-refractivity contribution is 5.77. The van der Waals surface area contributed by atoms with Crippen LogP contribution in [0.4, 0.5) is 39.8 Å². The van der Waals surface area contributed by atoms with Gasteiger partial charge in [0.15, 0.2) is 0 Å². The highest BCUT2D eigenvalue weighted by atomic mass is 16.5. The largest absolute Gasteiger partial charge is 0.497 e. The molecule has 0 aliphatic rings. The van der Waals surface area contributed by atoms with E-state index < -0.39 is 0 Å². The Morgan fingerprint density at radius 2 is 0.918 bits per heavy atom. The molecule has 0 unspecified atom stereocenters. The number of rotatable bonds is 16. The average molecular weight is 652 g/mol. The van der Waals surface area contributed by atoms with Gasteiger partial charge in [0, 0.05) is 34.1 Å². The molecule has 7 heteroatoms. The van der Waals surface area contributed by atoms with Gasteiger partial charge in [0.05, 0.1) is 33.1 Å². The van der Waals surface area contributed by atoms with Gasteiger partial charge >= 0.3 is 0 Å². The number of anilines is 7. The number of nitrogens with zero attached hydrogens (tertiary/aromatic N) is 1. The first-order valence-corrected chi connectivity index (χ1v) is 16.4. The van der Waals surface area contributed by atoms with Crippen molar-refractivity contribution in [2.45, 2.75) is 12.8 Å². The summed E-state index contributed by atoms with van der Waals surface area (Å²) in [6.07, 6.45) is 1.71. The minimum absolute atomic E-state index is 0.563. The summed E-state index contributed by atoms with van der Waals surface area (Å²) in [6, 6.07) is 50.7. The Labute approximate surface area is 288 Å². The summed E-state index contributed by atoms with van der Waals surface area (Å²) in [7, 11) is 3.33. The smallest absolute Gasteiger partial charge is 0.142 e. The molecule has 6 aromatic carbocycles. The highest BCUT2D eigenvalue weighted by Crippen LogP contribution is 2.35. The second kappa shape index (κ2) is 16.7. The van der Waals surface area contributed by atoms with Gasteiger partial charge in [-0.15, -0.1) is 0 Å². The Morgan fingerprint density at radius 3 is 1.47 bits per heavy atom. The third-order valence-electron chi connectivity index (χ3n) is 7.92. The maximum atomic E-state index is 6.28. The van der Waals surface area contributed by atoms with E-state index in [1.165, 1.54) is 0 Å². The van der Waals surface area contributed by atoms with Gasteiger partial charge in [-0.25, -0.2) is 0 Å². The standard InChI is InChI=1S/C42H41N3O4/c1-46-38-22-15-32(16-23-38)43-34-19-28-42(41(31-34)44-33-17-24-39(47-2)25-18-33)49-30-10-9-29-48-40-26-20-37(21-27-40)45(35-11-5-3-6-12-35)36-13-7-4-8-14-36/h3-8,11-28,31,43-44H,9-10,29-30H2,1-2H3. The SMILES string of the molecule is COc1ccc(Nc2ccc(OCCCCOc3ccc(N(c4ccccc4)c4ccccc4)cc3)c(Nc3ccc(OC)cc3)c2)cc1. The number of ether oxygens (including phenoxy) is 4. The monoisotopic (exact) mass is 651 g/mol. The molecule has 6 aromatic rings. The van der Waals surface area contributed by atoms with Crippen molar-refractivity contribution in [3.05, 3.63) is 152 Å². The molecule has 0 spiro atoms. The maximum Gasteiger partial charge on any atom is 0.142 e. The summed E-state index contributed by atoms with van der Waals surface area (Å²) in [5.74, 6) is 3.23. The first-order valence-electron chi connectivity index (χ1n) is 16.4. The predicted molar refractivity (Wildman–Crippen MR) is 200 cm³/mol. The van der Waals surface area contributed by atoms with E-state index in [1.54, 1.807) is 14.2 Å². The zero-order valence-electron chi connectivity index (χ0n) is 27.8. The Balaban J connectivity index is 1.04. The van der Waals surface area contributed by atoms with Gasteiger partial charge in [0.25, 0.3) is 0 Å². The van der Waals surface area contributed by atoms with Gasteiger partial charge in [-0.3, -0.25) is 0 Å². The van der Waals surface area contributed by atoms with Crippen LogP contribution in [0.3, 0.4) is 0 Å². The van der Waals surface area contributed by atoms with Crippen molar-refractivity contribution in [1.29, 1.82) is 0 Å². The summed E-state index contributed by atoms with van der Waals surface area (Å²) < 4.78 is 23.0. The van der Waals surface area contributed by atoms with Gasteiger partial charge in [-0.05, 0) is 128 Å². The lowest BCUT2D eigenvalue weighted by Crippen LogP contribution is -2.09. The van der Waals surface area contributed by atoms with Crippen LogP contribution in [0.1, 0.15) is 12.8 Å². The fourth-order valence-electron chi connectivity index (χ4n) is 5.37. The van der Waals surface area contributed by atoms with E-state index in [0.29, 0.717) is 13.2 Å². The van der Waals surface area contributed by atoms with Crippen LogP contribution in [-0.2, 0) is 0 Å². The second-order valence-corrected chi connectivity index (χ2v) is 11.3. The molecular formula is C42H41N3O4. The lowest BCUT2D eigenvalue weighted by atomic mass is 10.2. The summed E-state index contributed by atoms with van der Waals surface area (Å²) in [5.41, 5.74) is 6.97. The zero-order chi connectivity index (χ0) is 33.7. The van der Waals surface area contributed by atoms with Gasteiger partial charge < -0.3 is 34.5 Å². The number of para-hydroxylation sites is 2. The van der Waals surface area contributed by atoms with E-state index in [9.17, 15) is 0 Å². The van der Waals surface area contributed by atoms with E-state index in [-0.39, 0.29) is 0 Å². The van der Waals surface area contributed by atoms with Crippen molar-refractivity contribution in [1.82, 2.24) is 0 Å². The molecular weight excluding hydrogens is 610 g/mol. The topological polar surface area (TPSA) is 64.2 Å². The van der Waals surface area contributed by atoms with Crippen LogP contribution in [0.25, 0.3) is 0 Å². The molecule has 0 aliphatic carbocycles. The number of hydrogen-bond acceptors (Lipinski definition) is 7. The zero-order valence-corrected chi connectivity index (χ0v) is 27.8. The van der Waals surface area contributed by atoms with Crippen molar-refractivity contribution in [2.24, 2.45) is 0 Å². The van der Waals surface area contributed by atoms with Crippen LogP contribution in [0, 0.1) is 0 Å². The van der Waals surface area contributed by atoms with E-state index in [2.05, 4.69) is 76.2 Å². The highest BCUT2D eigenvalue weighted by Gasteiger charge is 2.12. The molecule has 0 amide bonds. The molecule has 2 N–H and O–H groups in total. The van der Waals surface area contributed by atoms with Gasteiger partial charge in [-0.1, -0.05) is 36.4 Å². The van der Waals surface area contributed by atoms with Crippen LogP contribution in [-0.4, -0.2) is 27.4 Å². The molecule has 0 saturated heterocycles. The van der Waals surface area contributed by atoms with E-state index in [1.807, 2.05) is 91.0 Å². The third-order valence-corrected chi connectivity index (χ3v) is 7.92.